The lowest BCUT2D eigenvalue weighted by Crippen LogP contribution is -2.28. The molecular formula is C52H96O5. The summed E-state index contributed by atoms with van der Waals surface area (Å²) in [6.45, 7) is 4.15. The fourth-order valence-electron chi connectivity index (χ4n) is 7.39. The highest BCUT2D eigenvalue weighted by Gasteiger charge is 2.16. The van der Waals surface area contributed by atoms with Crippen LogP contribution in [0.15, 0.2) is 36.5 Å². The molecule has 0 aliphatic heterocycles. The van der Waals surface area contributed by atoms with Crippen LogP contribution < -0.4 is 0 Å². The van der Waals surface area contributed by atoms with E-state index < -0.39 is 6.10 Å². The zero-order valence-corrected chi connectivity index (χ0v) is 38.1. The predicted octanol–water partition coefficient (Wildman–Crippen LogP) is 16.4. The molecule has 57 heavy (non-hydrogen) atoms. The van der Waals surface area contributed by atoms with Gasteiger partial charge >= 0.3 is 11.9 Å². The maximum Gasteiger partial charge on any atom is 0.306 e. The van der Waals surface area contributed by atoms with Crippen molar-refractivity contribution in [2.24, 2.45) is 0 Å². The summed E-state index contributed by atoms with van der Waals surface area (Å²) in [5.74, 6) is -0.593. The SMILES string of the molecule is CCCCCCC/C=C\C/C=C\C/C=C\CCCCCCCCC(=O)OC(CO)COC(=O)CCCCCCCCCCCCCCCCCCCCCCCC. The molecule has 0 saturated heterocycles. The van der Waals surface area contributed by atoms with Crippen LogP contribution in [0, 0.1) is 0 Å². The average Bonchev–Trinajstić information content (AvgIpc) is 3.21. The largest absolute Gasteiger partial charge is 0.462 e. The highest BCUT2D eigenvalue weighted by Crippen LogP contribution is 2.16. The Hall–Kier alpha value is -1.88. The minimum absolute atomic E-state index is 0.0677. The van der Waals surface area contributed by atoms with Gasteiger partial charge < -0.3 is 14.6 Å². The van der Waals surface area contributed by atoms with Crippen molar-refractivity contribution in [3.63, 3.8) is 0 Å². The summed E-state index contributed by atoms with van der Waals surface area (Å²) in [5.41, 5.74) is 0. The number of hydrogen-bond acceptors (Lipinski definition) is 5. The van der Waals surface area contributed by atoms with Crippen molar-refractivity contribution in [3.8, 4) is 0 Å². The van der Waals surface area contributed by atoms with Crippen LogP contribution in [0.25, 0.3) is 0 Å². The molecule has 1 atom stereocenters. The molecule has 1 N–H and O–H groups in total. The number of unbranched alkanes of at least 4 members (excludes halogenated alkanes) is 32. The molecule has 0 aliphatic carbocycles. The molecule has 0 spiro atoms. The number of ether oxygens (including phenoxy) is 2. The lowest BCUT2D eigenvalue weighted by atomic mass is 10.0. The summed E-state index contributed by atoms with van der Waals surface area (Å²) >= 11 is 0. The summed E-state index contributed by atoms with van der Waals surface area (Å²) in [5, 5.41) is 9.62. The zero-order chi connectivity index (χ0) is 41.4. The fraction of sp³-hybridized carbons (Fsp3) is 0.846. The van der Waals surface area contributed by atoms with E-state index in [2.05, 4.69) is 50.3 Å². The van der Waals surface area contributed by atoms with Gasteiger partial charge in [0, 0.05) is 12.8 Å². The van der Waals surface area contributed by atoms with E-state index in [0.717, 1.165) is 57.8 Å². The normalized spacial score (nSPS) is 12.4. The van der Waals surface area contributed by atoms with Crippen LogP contribution in [0.2, 0.25) is 0 Å². The number of allylic oxidation sites excluding steroid dienone is 6. The molecule has 0 fully saturated rings. The smallest absolute Gasteiger partial charge is 0.306 e. The van der Waals surface area contributed by atoms with E-state index in [1.54, 1.807) is 0 Å². The standard InChI is InChI=1S/C52H96O5/c1-3-5-7-9-11-13-15-17-19-21-23-25-27-28-30-32-34-36-38-40-42-44-46-51(54)56-49-50(48-53)57-52(55)47-45-43-41-39-37-35-33-31-29-26-24-22-20-18-16-14-12-10-8-6-4-2/h16,18,22,24,29,31,50,53H,3-15,17,19-21,23,25-28,30,32-49H2,1-2H3/b18-16-,24-22-,31-29-. The molecule has 5 nitrogen and oxygen atoms in total. The molecule has 0 rings (SSSR count). The van der Waals surface area contributed by atoms with Gasteiger partial charge in [0.2, 0.25) is 0 Å². The van der Waals surface area contributed by atoms with Gasteiger partial charge in [0.1, 0.15) is 6.61 Å². The maximum atomic E-state index is 12.2. The first-order valence-electron chi connectivity index (χ1n) is 25.0. The summed E-state index contributed by atoms with van der Waals surface area (Å²) in [4.78, 5) is 24.4. The quantitative estimate of drug-likeness (QED) is 0.0377. The molecule has 1 unspecified atom stereocenters. The monoisotopic (exact) mass is 801 g/mol. The van der Waals surface area contributed by atoms with Crippen LogP contribution >= 0.6 is 0 Å². The van der Waals surface area contributed by atoms with Crippen molar-refractivity contribution in [2.75, 3.05) is 13.2 Å². The highest BCUT2D eigenvalue weighted by molar-refractivity contribution is 5.70. The van der Waals surface area contributed by atoms with E-state index in [-0.39, 0.29) is 25.2 Å². The number of carbonyl (C=O) groups is 2. The third-order valence-corrected chi connectivity index (χ3v) is 11.2. The molecule has 0 aromatic carbocycles. The second kappa shape index (κ2) is 48.5. The first-order valence-corrected chi connectivity index (χ1v) is 25.0. The van der Waals surface area contributed by atoms with Crippen LogP contribution in [-0.2, 0) is 19.1 Å². The topological polar surface area (TPSA) is 72.8 Å². The Balaban J connectivity index is 3.50. The zero-order valence-electron chi connectivity index (χ0n) is 38.1. The Kier molecular flexibility index (Phi) is 46.9. The van der Waals surface area contributed by atoms with Crippen molar-refractivity contribution in [1.29, 1.82) is 0 Å². The predicted molar refractivity (Wildman–Crippen MR) is 247 cm³/mol. The highest BCUT2D eigenvalue weighted by atomic mass is 16.6. The third kappa shape index (κ3) is 46.7. The molecule has 334 valence electrons. The first kappa shape index (κ1) is 55.1. The summed E-state index contributed by atoms with van der Waals surface area (Å²) < 4.78 is 10.7. The Morgan fingerprint density at radius 1 is 0.404 bits per heavy atom. The Morgan fingerprint density at radius 2 is 0.702 bits per heavy atom. The van der Waals surface area contributed by atoms with E-state index >= 15 is 0 Å². The molecule has 0 aromatic heterocycles. The van der Waals surface area contributed by atoms with E-state index in [1.165, 1.54) is 180 Å². The van der Waals surface area contributed by atoms with E-state index in [9.17, 15) is 14.7 Å². The number of aliphatic hydroxyl groups excluding tert-OH is 1. The minimum Gasteiger partial charge on any atom is -0.462 e. The Morgan fingerprint density at radius 3 is 1.05 bits per heavy atom. The van der Waals surface area contributed by atoms with Gasteiger partial charge in [-0.15, -0.1) is 0 Å². The molecule has 0 bridgehead atoms. The molecule has 0 amide bonds. The first-order chi connectivity index (χ1) is 28.1. The van der Waals surface area contributed by atoms with Gasteiger partial charge in [0.15, 0.2) is 6.10 Å². The van der Waals surface area contributed by atoms with Gasteiger partial charge in [-0.05, 0) is 51.4 Å². The number of carbonyl (C=O) groups excluding carboxylic acids is 2. The fourth-order valence-corrected chi connectivity index (χ4v) is 7.39. The molecule has 0 aliphatic rings. The van der Waals surface area contributed by atoms with Gasteiger partial charge in [0.25, 0.3) is 0 Å². The third-order valence-electron chi connectivity index (χ3n) is 11.2. The summed E-state index contributed by atoms with van der Waals surface area (Å²) in [6.07, 6.45) is 60.9. The number of aliphatic hydroxyl groups is 1. The van der Waals surface area contributed by atoms with Crippen LogP contribution in [0.1, 0.15) is 264 Å². The van der Waals surface area contributed by atoms with Gasteiger partial charge in [-0.2, -0.15) is 0 Å². The van der Waals surface area contributed by atoms with E-state index in [1.807, 2.05) is 0 Å². The number of esters is 2. The molecule has 0 radical (unpaired) electrons. The molecule has 0 heterocycles. The van der Waals surface area contributed by atoms with Crippen LogP contribution in [0.4, 0.5) is 0 Å². The van der Waals surface area contributed by atoms with Gasteiger partial charge in [-0.1, -0.05) is 237 Å². The maximum absolute atomic E-state index is 12.2. The summed E-state index contributed by atoms with van der Waals surface area (Å²) in [6, 6.07) is 0. The Bertz CT molecular complexity index is 908. The van der Waals surface area contributed by atoms with Gasteiger partial charge in [-0.25, -0.2) is 0 Å². The lowest BCUT2D eigenvalue weighted by molar-refractivity contribution is -0.161. The van der Waals surface area contributed by atoms with Crippen molar-refractivity contribution < 1.29 is 24.2 Å². The molecular weight excluding hydrogens is 705 g/mol. The lowest BCUT2D eigenvalue weighted by Gasteiger charge is -2.15. The average molecular weight is 801 g/mol. The number of hydrogen-bond donors (Lipinski definition) is 1. The summed E-state index contributed by atoms with van der Waals surface area (Å²) in [7, 11) is 0. The van der Waals surface area contributed by atoms with E-state index in [0.29, 0.717) is 12.8 Å². The van der Waals surface area contributed by atoms with Crippen molar-refractivity contribution in [1.82, 2.24) is 0 Å². The molecule has 5 heteroatoms. The Labute approximate surface area is 355 Å². The van der Waals surface area contributed by atoms with Gasteiger partial charge in [-0.3, -0.25) is 9.59 Å². The molecule has 0 saturated carbocycles. The van der Waals surface area contributed by atoms with Crippen LogP contribution in [0.3, 0.4) is 0 Å². The van der Waals surface area contributed by atoms with Gasteiger partial charge in [0.05, 0.1) is 6.61 Å². The second-order valence-electron chi connectivity index (χ2n) is 16.9. The van der Waals surface area contributed by atoms with Crippen molar-refractivity contribution in [3.05, 3.63) is 36.5 Å². The van der Waals surface area contributed by atoms with Crippen molar-refractivity contribution >= 4 is 11.9 Å². The molecule has 0 aromatic rings. The van der Waals surface area contributed by atoms with Crippen molar-refractivity contribution in [2.45, 2.75) is 270 Å². The minimum atomic E-state index is -0.777. The number of rotatable bonds is 46. The van der Waals surface area contributed by atoms with Crippen LogP contribution in [-0.4, -0.2) is 36.4 Å². The van der Waals surface area contributed by atoms with E-state index in [4.69, 9.17) is 9.47 Å². The second-order valence-corrected chi connectivity index (χ2v) is 16.9. The van der Waals surface area contributed by atoms with Crippen LogP contribution in [0.5, 0.6) is 0 Å².